The summed E-state index contributed by atoms with van der Waals surface area (Å²) in [6, 6.07) is 7.83. The van der Waals surface area contributed by atoms with Crippen LogP contribution in [0.5, 0.6) is 0 Å². The van der Waals surface area contributed by atoms with Crippen molar-refractivity contribution in [1.82, 2.24) is 5.32 Å². The summed E-state index contributed by atoms with van der Waals surface area (Å²) >= 11 is 0. The second-order valence-electron chi connectivity index (χ2n) is 4.80. The molecule has 0 unspecified atom stereocenters. The Hall–Kier alpha value is -1.81. The van der Waals surface area contributed by atoms with Crippen LogP contribution >= 0.6 is 0 Å². The maximum absolute atomic E-state index is 12.0. The molecule has 2 amide bonds. The van der Waals surface area contributed by atoms with Gasteiger partial charge in [-0.1, -0.05) is 24.3 Å². The van der Waals surface area contributed by atoms with Crippen molar-refractivity contribution in [2.45, 2.75) is 25.3 Å². The van der Waals surface area contributed by atoms with E-state index in [0.29, 0.717) is 6.04 Å². The molecule has 101 valence electrons. The zero-order chi connectivity index (χ0) is 13.7. The van der Waals surface area contributed by atoms with Crippen molar-refractivity contribution in [3.05, 3.63) is 35.9 Å². The van der Waals surface area contributed by atoms with E-state index in [9.17, 15) is 9.90 Å². The van der Waals surface area contributed by atoms with Crippen LogP contribution in [0.3, 0.4) is 0 Å². The van der Waals surface area contributed by atoms with Crippen LogP contribution in [0, 0.1) is 0 Å². The number of rotatable bonds is 4. The first kappa shape index (κ1) is 13.6. The van der Waals surface area contributed by atoms with E-state index in [1.807, 2.05) is 24.3 Å². The van der Waals surface area contributed by atoms with Gasteiger partial charge in [-0.05, 0) is 37.0 Å². The van der Waals surface area contributed by atoms with Gasteiger partial charge in [-0.15, -0.1) is 0 Å². The number of hydrogen-bond acceptors (Lipinski definition) is 1. The highest BCUT2D eigenvalue weighted by molar-refractivity contribution is 5.91. The molecule has 1 aliphatic rings. The smallest absolute Gasteiger partial charge is 0.321 e. The number of hydrogen-bond donors (Lipinski definition) is 1. The summed E-state index contributed by atoms with van der Waals surface area (Å²) in [5.74, 6) is 0. The van der Waals surface area contributed by atoms with Gasteiger partial charge in [0.15, 0.2) is 0 Å². The predicted octanol–water partition coefficient (Wildman–Crippen LogP) is 2.83. The minimum atomic E-state index is -0.234. The van der Waals surface area contributed by atoms with E-state index in [1.54, 1.807) is 24.1 Å². The van der Waals surface area contributed by atoms with Crippen molar-refractivity contribution in [2.75, 3.05) is 18.6 Å². The van der Waals surface area contributed by atoms with E-state index >= 15 is 0 Å². The molecule has 1 aliphatic carbocycles. The van der Waals surface area contributed by atoms with E-state index in [1.165, 1.54) is 6.42 Å². The Kier molecular flexibility index (Phi) is 4.58. The SMILES string of the molecule is CN(C(=O)NC1CCC1)c1cccc(/C=C/C[O])c1. The Balaban J connectivity index is 2.02. The molecule has 1 radical (unpaired) electrons. The lowest BCUT2D eigenvalue weighted by molar-refractivity contribution is 0.233. The van der Waals surface area contributed by atoms with Crippen LogP contribution in [0.25, 0.3) is 6.08 Å². The van der Waals surface area contributed by atoms with E-state index in [2.05, 4.69) is 5.32 Å². The van der Waals surface area contributed by atoms with Crippen molar-refractivity contribution < 1.29 is 9.90 Å². The summed E-state index contributed by atoms with van der Waals surface area (Å²) in [6.45, 7) is -0.234. The number of carbonyl (C=O) groups is 1. The van der Waals surface area contributed by atoms with Gasteiger partial charge < -0.3 is 5.32 Å². The Bertz CT molecular complexity index is 467. The molecule has 1 aromatic rings. The normalized spacial score (nSPS) is 15.3. The summed E-state index contributed by atoms with van der Waals surface area (Å²) in [5.41, 5.74) is 1.75. The lowest BCUT2D eigenvalue weighted by atomic mass is 9.93. The van der Waals surface area contributed by atoms with Crippen molar-refractivity contribution in [3.63, 3.8) is 0 Å². The molecular formula is C15H19N2O2. The van der Waals surface area contributed by atoms with Gasteiger partial charge in [-0.25, -0.2) is 9.90 Å². The van der Waals surface area contributed by atoms with E-state index < -0.39 is 0 Å². The number of anilines is 1. The first-order valence-corrected chi connectivity index (χ1v) is 6.59. The van der Waals surface area contributed by atoms with Crippen molar-refractivity contribution >= 4 is 17.8 Å². The topological polar surface area (TPSA) is 52.2 Å². The fraction of sp³-hybridized carbons (Fsp3) is 0.400. The van der Waals surface area contributed by atoms with Crippen LogP contribution in [0.4, 0.5) is 10.5 Å². The highest BCUT2D eigenvalue weighted by Crippen LogP contribution is 2.20. The summed E-state index contributed by atoms with van der Waals surface area (Å²) in [4.78, 5) is 13.6. The second kappa shape index (κ2) is 6.38. The van der Waals surface area contributed by atoms with Crippen LogP contribution in [0.2, 0.25) is 0 Å². The number of benzene rings is 1. The second-order valence-corrected chi connectivity index (χ2v) is 4.80. The number of urea groups is 1. The van der Waals surface area contributed by atoms with Crippen LogP contribution in [0.1, 0.15) is 24.8 Å². The Morgan fingerprint density at radius 3 is 2.89 bits per heavy atom. The highest BCUT2D eigenvalue weighted by Gasteiger charge is 2.21. The van der Waals surface area contributed by atoms with E-state index in [-0.39, 0.29) is 12.6 Å². The maximum atomic E-state index is 12.0. The van der Waals surface area contributed by atoms with Gasteiger partial charge in [0.2, 0.25) is 0 Å². The summed E-state index contributed by atoms with van der Waals surface area (Å²) < 4.78 is 0. The van der Waals surface area contributed by atoms with Crippen LogP contribution in [-0.4, -0.2) is 25.7 Å². The zero-order valence-corrected chi connectivity index (χ0v) is 11.1. The van der Waals surface area contributed by atoms with E-state index in [0.717, 1.165) is 24.1 Å². The van der Waals surface area contributed by atoms with Gasteiger partial charge >= 0.3 is 6.03 Å². The number of amides is 2. The molecule has 4 heteroatoms. The van der Waals surface area contributed by atoms with Crippen LogP contribution in [0.15, 0.2) is 30.3 Å². The molecule has 0 atom stereocenters. The number of carbonyl (C=O) groups excluding carboxylic acids is 1. The third kappa shape index (κ3) is 3.58. The first-order valence-electron chi connectivity index (χ1n) is 6.59. The largest absolute Gasteiger partial charge is 0.335 e. The van der Waals surface area contributed by atoms with Crippen molar-refractivity contribution in [1.29, 1.82) is 0 Å². The number of nitrogens with zero attached hydrogens (tertiary/aromatic N) is 1. The Morgan fingerprint density at radius 1 is 1.47 bits per heavy atom. The van der Waals surface area contributed by atoms with Gasteiger partial charge in [0.25, 0.3) is 0 Å². The maximum Gasteiger partial charge on any atom is 0.321 e. The molecule has 0 spiro atoms. The van der Waals surface area contributed by atoms with Gasteiger partial charge in [0.05, 0.1) is 0 Å². The lowest BCUT2D eigenvalue weighted by Crippen LogP contribution is -2.46. The minimum Gasteiger partial charge on any atom is -0.335 e. The van der Waals surface area contributed by atoms with Gasteiger partial charge in [-0.3, -0.25) is 4.90 Å². The molecule has 0 aromatic heterocycles. The predicted molar refractivity (Wildman–Crippen MR) is 75.6 cm³/mol. The molecule has 1 saturated carbocycles. The standard InChI is InChI=1S/C15H19N2O2/c1-17(15(19)16-13-7-3-8-13)14-9-2-5-12(11-14)6-4-10-18/h2,4-6,9,11,13H,3,7-8,10H2,1H3,(H,16,19)/b6-4+. The van der Waals surface area contributed by atoms with Crippen molar-refractivity contribution in [3.8, 4) is 0 Å². The molecule has 0 saturated heterocycles. The van der Waals surface area contributed by atoms with E-state index in [4.69, 9.17) is 0 Å². The molecule has 2 rings (SSSR count). The molecule has 1 aromatic carbocycles. The molecule has 0 heterocycles. The molecule has 19 heavy (non-hydrogen) atoms. The van der Waals surface area contributed by atoms with Crippen molar-refractivity contribution in [2.24, 2.45) is 0 Å². The van der Waals surface area contributed by atoms with Gasteiger partial charge in [-0.2, -0.15) is 0 Å². The van der Waals surface area contributed by atoms with Gasteiger partial charge in [0.1, 0.15) is 6.61 Å². The highest BCUT2D eigenvalue weighted by atomic mass is 16.2. The number of nitrogens with one attached hydrogen (secondary N) is 1. The van der Waals surface area contributed by atoms with Crippen LogP contribution in [-0.2, 0) is 5.11 Å². The first-order chi connectivity index (χ1) is 9.20. The third-order valence-electron chi connectivity index (χ3n) is 3.40. The Labute approximate surface area is 113 Å². The minimum absolute atomic E-state index is 0.0744. The fourth-order valence-electron chi connectivity index (χ4n) is 1.96. The molecule has 1 fully saturated rings. The zero-order valence-electron chi connectivity index (χ0n) is 11.1. The summed E-state index contributed by atoms with van der Waals surface area (Å²) in [5, 5.41) is 13.4. The monoisotopic (exact) mass is 259 g/mol. The average molecular weight is 259 g/mol. The lowest BCUT2D eigenvalue weighted by Gasteiger charge is -2.29. The third-order valence-corrected chi connectivity index (χ3v) is 3.40. The quantitative estimate of drug-likeness (QED) is 0.888. The molecule has 1 N–H and O–H groups in total. The average Bonchev–Trinajstić information content (AvgIpc) is 2.39. The molecular weight excluding hydrogens is 240 g/mol. The fourth-order valence-corrected chi connectivity index (χ4v) is 1.96. The molecule has 4 nitrogen and oxygen atoms in total. The molecule has 0 bridgehead atoms. The summed E-state index contributed by atoms with van der Waals surface area (Å²) in [6.07, 6.45) is 6.68. The summed E-state index contributed by atoms with van der Waals surface area (Å²) in [7, 11) is 1.75. The molecule has 0 aliphatic heterocycles. The van der Waals surface area contributed by atoms with Gasteiger partial charge in [0, 0.05) is 18.8 Å². The van der Waals surface area contributed by atoms with Crippen LogP contribution < -0.4 is 10.2 Å². The Morgan fingerprint density at radius 2 is 2.26 bits per heavy atom.